The van der Waals surface area contributed by atoms with Gasteiger partial charge in [0, 0.05) is 29.1 Å². The number of nitrogens with zero attached hydrogens (tertiary/aromatic N) is 3. The van der Waals surface area contributed by atoms with Gasteiger partial charge in [-0.15, -0.1) is 13.2 Å². The van der Waals surface area contributed by atoms with Crippen molar-refractivity contribution in [2.75, 3.05) is 31.2 Å². The number of carbonyl (C=O) groups is 3. The first kappa shape index (κ1) is 34.2. The first-order chi connectivity index (χ1) is 20.8. The van der Waals surface area contributed by atoms with E-state index >= 15 is 0 Å². The van der Waals surface area contributed by atoms with Crippen LogP contribution >= 0.6 is 15.9 Å². The Kier molecular flexibility index (Phi) is 10.4. The van der Waals surface area contributed by atoms with Crippen molar-refractivity contribution in [1.29, 1.82) is 0 Å². The van der Waals surface area contributed by atoms with Crippen LogP contribution in [0.3, 0.4) is 0 Å². The van der Waals surface area contributed by atoms with E-state index in [9.17, 15) is 19.5 Å². The molecule has 0 aromatic heterocycles. The van der Waals surface area contributed by atoms with Gasteiger partial charge in [0.25, 0.3) is 0 Å². The predicted octanol–water partition coefficient (Wildman–Crippen LogP) is 4.57. The molecule has 8 atom stereocenters. The molecule has 3 fully saturated rings. The zero-order valence-corrected chi connectivity index (χ0v) is 28.5. The average molecular weight is 675 g/mol. The van der Waals surface area contributed by atoms with E-state index in [1.807, 2.05) is 65.8 Å². The minimum Gasteiger partial charge on any atom is -0.494 e. The number of hydrogen-bond acceptors (Lipinski definition) is 6. The van der Waals surface area contributed by atoms with E-state index in [1.165, 1.54) is 0 Å². The Morgan fingerprint density at radius 2 is 1.82 bits per heavy atom. The van der Waals surface area contributed by atoms with Crippen molar-refractivity contribution in [3.05, 3.63) is 49.6 Å². The lowest BCUT2D eigenvalue weighted by molar-refractivity contribution is -0.155. The van der Waals surface area contributed by atoms with Crippen LogP contribution in [-0.2, 0) is 19.1 Å². The van der Waals surface area contributed by atoms with Crippen LogP contribution in [0.1, 0.15) is 54.4 Å². The van der Waals surface area contributed by atoms with Crippen molar-refractivity contribution in [2.45, 2.75) is 88.5 Å². The Labute approximate surface area is 270 Å². The molecule has 0 saturated carbocycles. The Balaban J connectivity index is 1.84. The molecule has 3 aliphatic rings. The van der Waals surface area contributed by atoms with Gasteiger partial charge in [0.2, 0.25) is 17.7 Å². The van der Waals surface area contributed by atoms with Crippen LogP contribution in [0, 0.1) is 17.8 Å². The highest BCUT2D eigenvalue weighted by atomic mass is 79.9. The van der Waals surface area contributed by atoms with Gasteiger partial charge in [-0.1, -0.05) is 48.4 Å². The summed E-state index contributed by atoms with van der Waals surface area (Å²) in [4.78, 5) is 48.7. The maximum Gasteiger partial charge on any atom is 0.249 e. The molecule has 1 aromatic rings. The van der Waals surface area contributed by atoms with Crippen LogP contribution in [0.15, 0.2) is 49.6 Å². The molecule has 242 valence electrons. The summed E-state index contributed by atoms with van der Waals surface area (Å²) in [6, 6.07) is 5.63. The number of carbonyl (C=O) groups excluding carboxylic acids is 3. The second-order valence-corrected chi connectivity index (χ2v) is 14.3. The van der Waals surface area contributed by atoms with E-state index in [2.05, 4.69) is 29.1 Å². The van der Waals surface area contributed by atoms with Gasteiger partial charge >= 0.3 is 0 Å². The minimum atomic E-state index is -1.24. The van der Waals surface area contributed by atoms with Crippen molar-refractivity contribution >= 4 is 39.3 Å². The van der Waals surface area contributed by atoms with Crippen LogP contribution in [0.25, 0.3) is 0 Å². The predicted molar refractivity (Wildman–Crippen MR) is 175 cm³/mol. The summed E-state index contributed by atoms with van der Waals surface area (Å²) in [5, 5.41) is 10.7. The molecule has 1 aromatic carbocycles. The number of rotatable bonds is 13. The average Bonchev–Trinajstić information content (AvgIpc) is 3.58. The van der Waals surface area contributed by atoms with Gasteiger partial charge in [0.05, 0.1) is 37.2 Å². The second-order valence-electron chi connectivity index (χ2n) is 13.1. The van der Waals surface area contributed by atoms with E-state index < -0.39 is 41.2 Å². The molecule has 9 nitrogen and oxygen atoms in total. The summed E-state index contributed by atoms with van der Waals surface area (Å²) in [5.74, 6) is -1.98. The maximum atomic E-state index is 14.7. The van der Waals surface area contributed by atoms with E-state index in [4.69, 9.17) is 9.47 Å². The number of ether oxygens (including phenoxy) is 2. The smallest absolute Gasteiger partial charge is 0.249 e. The third-order valence-electron chi connectivity index (χ3n) is 9.52. The molecule has 4 rings (SSSR count). The second kappa shape index (κ2) is 13.3. The molecule has 0 aliphatic carbocycles. The summed E-state index contributed by atoms with van der Waals surface area (Å²) in [7, 11) is 0. The molecular weight excluding hydrogens is 626 g/mol. The van der Waals surface area contributed by atoms with Gasteiger partial charge in [-0.25, -0.2) is 0 Å². The Bertz CT molecular complexity index is 1250. The fraction of sp³-hybridized carbons (Fsp3) is 0.618. The minimum absolute atomic E-state index is 0.0933. The molecule has 3 aliphatic heterocycles. The topological polar surface area (TPSA) is 99.6 Å². The molecule has 3 unspecified atom stereocenters. The van der Waals surface area contributed by atoms with Crippen molar-refractivity contribution in [2.24, 2.45) is 17.8 Å². The molecule has 3 amide bonds. The monoisotopic (exact) mass is 673 g/mol. The molecule has 0 radical (unpaired) electrons. The number of alkyl halides is 1. The van der Waals surface area contributed by atoms with Crippen LogP contribution in [0.2, 0.25) is 0 Å². The Morgan fingerprint density at radius 1 is 1.18 bits per heavy atom. The Morgan fingerprint density at radius 3 is 2.34 bits per heavy atom. The van der Waals surface area contributed by atoms with Crippen molar-refractivity contribution < 1.29 is 29.0 Å². The summed E-state index contributed by atoms with van der Waals surface area (Å²) < 4.78 is 12.4. The number of benzene rings is 1. The number of anilines is 1. The third kappa shape index (κ3) is 5.73. The van der Waals surface area contributed by atoms with Crippen molar-refractivity contribution in [3.8, 4) is 5.75 Å². The van der Waals surface area contributed by atoms with Gasteiger partial charge in [-0.3, -0.25) is 14.4 Å². The van der Waals surface area contributed by atoms with Gasteiger partial charge in [0.15, 0.2) is 0 Å². The number of aliphatic hydroxyl groups is 1. The number of fused-ring (bicyclic) bond motifs is 1. The van der Waals surface area contributed by atoms with Gasteiger partial charge in [-0.05, 0) is 64.3 Å². The fourth-order valence-corrected chi connectivity index (χ4v) is 8.24. The van der Waals surface area contributed by atoms with Crippen molar-refractivity contribution in [1.82, 2.24) is 9.80 Å². The zero-order valence-electron chi connectivity index (χ0n) is 26.9. The first-order valence-corrected chi connectivity index (χ1v) is 16.6. The summed E-state index contributed by atoms with van der Waals surface area (Å²) >= 11 is 3.77. The third-order valence-corrected chi connectivity index (χ3v) is 10.4. The number of halogens is 1. The Hall–Kier alpha value is -2.69. The van der Waals surface area contributed by atoms with Gasteiger partial charge in [0.1, 0.15) is 17.4 Å². The summed E-state index contributed by atoms with van der Waals surface area (Å²) in [6.07, 6.45) is 3.80. The largest absolute Gasteiger partial charge is 0.494 e. The van der Waals surface area contributed by atoms with Crippen LogP contribution in [-0.4, -0.2) is 93.1 Å². The van der Waals surface area contributed by atoms with E-state index in [1.54, 1.807) is 26.9 Å². The molecule has 10 heteroatoms. The van der Waals surface area contributed by atoms with Crippen LogP contribution in [0.4, 0.5) is 5.69 Å². The molecule has 3 heterocycles. The number of hydrogen-bond donors (Lipinski definition) is 1. The van der Waals surface area contributed by atoms with Gasteiger partial charge < -0.3 is 29.3 Å². The maximum absolute atomic E-state index is 14.7. The molecule has 1 spiro atoms. The van der Waals surface area contributed by atoms with Gasteiger partial charge in [-0.2, -0.15) is 0 Å². The molecule has 3 saturated heterocycles. The van der Waals surface area contributed by atoms with Crippen LogP contribution in [0.5, 0.6) is 5.75 Å². The first-order valence-electron chi connectivity index (χ1n) is 15.6. The number of likely N-dealkylation sites (tertiary alicyclic amines) is 1. The van der Waals surface area contributed by atoms with Crippen LogP contribution < -0.4 is 9.64 Å². The summed E-state index contributed by atoms with van der Waals surface area (Å²) in [5.41, 5.74) is -1.17. The molecule has 2 bridgehead atoms. The summed E-state index contributed by atoms with van der Waals surface area (Å²) in [6.45, 7) is 20.2. The lowest BCUT2D eigenvalue weighted by Gasteiger charge is -2.44. The highest BCUT2D eigenvalue weighted by Crippen LogP contribution is 2.61. The molecule has 44 heavy (non-hydrogen) atoms. The number of aliphatic hydroxyl groups excluding tert-OH is 1. The molecular formula is C34H48BrN3O6. The highest BCUT2D eigenvalue weighted by Gasteiger charge is 2.77. The standard InChI is InChI=1S/C34H48BrN3O6/c1-9-17-36(22-13-15-23(16-14-22)43-12-4)30(40)26-27-31(41)38(25(20-39)21(5)11-3)29(34(27)19-24(35)28(26)44-34)32(42)37(18-10-2)33(6,7)8/h9-10,13-16,21,24-29,39H,1-2,11-12,17-20H2,3-8H3/t21-,24?,25-,26-,27-,28-,29?,34?/m0/s1. The fourth-order valence-electron chi connectivity index (χ4n) is 7.29. The molecule has 1 N–H and O–H groups in total. The van der Waals surface area contributed by atoms with Crippen molar-refractivity contribution in [3.63, 3.8) is 0 Å². The SMILES string of the molecule is C=CCN(C(=O)[C@H]1[C@H]2C(=O)N([C@@H](CO)[C@@H](C)CC)C(C(=O)N(CC=C)C(C)(C)C)C23CC(Br)[C@@H]1O3)c1ccc(OCC)cc1. The van der Waals surface area contributed by atoms with E-state index in [-0.39, 0.29) is 48.2 Å². The number of amides is 3. The zero-order chi connectivity index (χ0) is 32.6. The van der Waals surface area contributed by atoms with E-state index in [0.29, 0.717) is 30.9 Å². The highest BCUT2D eigenvalue weighted by molar-refractivity contribution is 9.09. The lowest BCUT2D eigenvalue weighted by atomic mass is 9.70. The lowest BCUT2D eigenvalue weighted by Crippen LogP contribution is -2.62. The quantitative estimate of drug-likeness (QED) is 0.243. The van der Waals surface area contributed by atoms with E-state index in [0.717, 1.165) is 0 Å². The normalized spacial score (nSPS) is 28.8.